The second kappa shape index (κ2) is 7.95. The van der Waals surface area contributed by atoms with Crippen molar-refractivity contribution in [3.8, 4) is 0 Å². The summed E-state index contributed by atoms with van der Waals surface area (Å²) in [5.74, 6) is -0.180. The van der Waals surface area contributed by atoms with Crippen LogP contribution < -0.4 is 5.32 Å². The van der Waals surface area contributed by atoms with Crippen LogP contribution in [0.5, 0.6) is 0 Å². The van der Waals surface area contributed by atoms with E-state index in [1.165, 1.54) is 16.2 Å². The lowest BCUT2D eigenvalue weighted by atomic mass is 10.1. The fourth-order valence-corrected chi connectivity index (χ4v) is 4.07. The number of carbonyl (C=O) groups is 2. The predicted molar refractivity (Wildman–Crippen MR) is 109 cm³/mol. The maximum atomic E-state index is 12.5. The Morgan fingerprint density at radius 3 is 2.43 bits per heavy atom. The third-order valence-corrected chi connectivity index (χ3v) is 5.73. The van der Waals surface area contributed by atoms with E-state index in [-0.39, 0.29) is 5.91 Å². The number of hydrogen-bond acceptors (Lipinski definition) is 5. The van der Waals surface area contributed by atoms with E-state index in [0.717, 1.165) is 22.3 Å². The van der Waals surface area contributed by atoms with Gasteiger partial charge in [-0.2, -0.15) is 0 Å². The molecular formula is C20H20N4O3S. The molecule has 144 valence electrons. The number of carboxylic acid groups (broad SMARTS) is 1. The van der Waals surface area contributed by atoms with Gasteiger partial charge in [-0.15, -0.1) is 0 Å². The fraction of sp³-hybridized carbons (Fsp3) is 0.250. The summed E-state index contributed by atoms with van der Waals surface area (Å²) >= 11 is 1.45. The average molecular weight is 396 g/mol. The lowest BCUT2D eigenvalue weighted by Crippen LogP contribution is -2.47. The molecule has 0 bridgehead atoms. The zero-order chi connectivity index (χ0) is 19.5. The van der Waals surface area contributed by atoms with E-state index in [0.29, 0.717) is 36.9 Å². The van der Waals surface area contributed by atoms with Gasteiger partial charge in [-0.05, 0) is 29.8 Å². The van der Waals surface area contributed by atoms with Crippen LogP contribution in [-0.4, -0.2) is 58.1 Å². The minimum absolute atomic E-state index is 0.180. The molecule has 7 nitrogen and oxygen atoms in total. The van der Waals surface area contributed by atoms with Crippen molar-refractivity contribution in [1.29, 1.82) is 0 Å². The Morgan fingerprint density at radius 1 is 1.04 bits per heavy atom. The van der Waals surface area contributed by atoms with Gasteiger partial charge in [-0.3, -0.25) is 15.0 Å². The number of benzene rings is 2. The third kappa shape index (κ3) is 4.13. The van der Waals surface area contributed by atoms with Crippen LogP contribution >= 0.6 is 11.3 Å². The molecule has 8 heteroatoms. The summed E-state index contributed by atoms with van der Waals surface area (Å²) in [6.45, 7) is 3.22. The summed E-state index contributed by atoms with van der Waals surface area (Å²) < 4.78 is 1.04. The zero-order valence-electron chi connectivity index (χ0n) is 15.2. The molecule has 3 aromatic rings. The number of nitrogens with one attached hydrogen (secondary N) is 1. The Hall–Kier alpha value is -2.97. The smallest absolute Gasteiger partial charge is 0.407 e. The highest BCUT2D eigenvalue weighted by Gasteiger charge is 2.20. The molecular weight excluding hydrogens is 376 g/mol. The van der Waals surface area contributed by atoms with Crippen molar-refractivity contribution in [2.45, 2.75) is 6.54 Å². The molecule has 2 aromatic carbocycles. The van der Waals surface area contributed by atoms with Crippen LogP contribution in [-0.2, 0) is 6.54 Å². The van der Waals surface area contributed by atoms with Crippen molar-refractivity contribution in [3.63, 3.8) is 0 Å². The molecule has 4 rings (SSSR count). The third-order valence-electron chi connectivity index (χ3n) is 4.78. The Kier molecular flexibility index (Phi) is 5.23. The first kappa shape index (κ1) is 18.4. The molecule has 0 atom stereocenters. The highest BCUT2D eigenvalue weighted by atomic mass is 32.1. The molecule has 0 saturated carbocycles. The largest absolute Gasteiger partial charge is 0.465 e. The van der Waals surface area contributed by atoms with Crippen LogP contribution in [0, 0.1) is 0 Å². The SMILES string of the molecule is O=C(Nc1nc2ccccc2s1)c1ccc(CN2CCN(C(=O)O)CC2)cc1. The number of piperazine rings is 1. The van der Waals surface area contributed by atoms with Gasteiger partial charge in [0.15, 0.2) is 5.13 Å². The first-order chi connectivity index (χ1) is 13.6. The van der Waals surface area contributed by atoms with Gasteiger partial charge in [-0.25, -0.2) is 9.78 Å². The molecule has 1 aliphatic heterocycles. The topological polar surface area (TPSA) is 85.8 Å². The molecule has 0 aliphatic carbocycles. The van der Waals surface area contributed by atoms with Crippen molar-refractivity contribution in [2.75, 3.05) is 31.5 Å². The van der Waals surface area contributed by atoms with E-state index in [9.17, 15) is 9.59 Å². The second-order valence-corrected chi connectivity index (χ2v) is 7.71. The number of nitrogens with zero attached hydrogens (tertiary/aromatic N) is 3. The highest BCUT2D eigenvalue weighted by Crippen LogP contribution is 2.25. The fourth-order valence-electron chi connectivity index (χ4n) is 3.21. The molecule has 2 amide bonds. The van der Waals surface area contributed by atoms with Gasteiger partial charge in [0.05, 0.1) is 10.2 Å². The van der Waals surface area contributed by atoms with Gasteiger partial charge in [0.25, 0.3) is 5.91 Å². The highest BCUT2D eigenvalue weighted by molar-refractivity contribution is 7.22. The molecule has 28 heavy (non-hydrogen) atoms. The Bertz CT molecular complexity index is 961. The monoisotopic (exact) mass is 396 g/mol. The van der Waals surface area contributed by atoms with E-state index in [4.69, 9.17) is 5.11 Å². The van der Waals surface area contributed by atoms with Crippen LogP contribution in [0.2, 0.25) is 0 Å². The van der Waals surface area contributed by atoms with Gasteiger partial charge in [0.1, 0.15) is 0 Å². The molecule has 1 saturated heterocycles. The normalized spacial score (nSPS) is 14.9. The van der Waals surface area contributed by atoms with E-state index in [1.54, 1.807) is 0 Å². The standard InChI is InChI=1S/C20H20N4O3S/c25-18(22-19-21-16-3-1-2-4-17(16)28-19)15-7-5-14(6-8-15)13-23-9-11-24(12-10-23)20(26)27/h1-8H,9-13H2,(H,26,27)(H,21,22,25). The minimum atomic E-state index is -0.858. The summed E-state index contributed by atoms with van der Waals surface area (Å²) in [5.41, 5.74) is 2.56. The number of aromatic nitrogens is 1. The summed E-state index contributed by atoms with van der Waals surface area (Å²) in [6, 6.07) is 15.3. The van der Waals surface area contributed by atoms with Gasteiger partial charge in [-0.1, -0.05) is 35.6 Å². The van der Waals surface area contributed by atoms with Crippen molar-refractivity contribution in [2.24, 2.45) is 0 Å². The lowest BCUT2D eigenvalue weighted by molar-refractivity contribution is 0.102. The maximum absolute atomic E-state index is 12.5. The molecule has 0 unspecified atom stereocenters. The molecule has 1 fully saturated rings. The Morgan fingerprint density at radius 2 is 1.75 bits per heavy atom. The first-order valence-corrected chi connectivity index (χ1v) is 9.86. The van der Waals surface area contributed by atoms with E-state index >= 15 is 0 Å². The number of fused-ring (bicyclic) bond motifs is 1. The van der Waals surface area contributed by atoms with Crippen molar-refractivity contribution >= 4 is 38.7 Å². The lowest BCUT2D eigenvalue weighted by Gasteiger charge is -2.33. The average Bonchev–Trinajstić information content (AvgIpc) is 3.11. The predicted octanol–water partition coefficient (Wildman–Crippen LogP) is 3.34. The van der Waals surface area contributed by atoms with Crippen LogP contribution in [0.1, 0.15) is 15.9 Å². The number of hydrogen-bond donors (Lipinski definition) is 2. The number of thiazole rings is 1. The molecule has 2 N–H and O–H groups in total. The van der Waals surface area contributed by atoms with E-state index < -0.39 is 6.09 Å². The Labute approximate surface area is 166 Å². The zero-order valence-corrected chi connectivity index (χ0v) is 16.0. The van der Waals surface area contributed by atoms with Crippen molar-refractivity contribution in [1.82, 2.24) is 14.8 Å². The minimum Gasteiger partial charge on any atom is -0.465 e. The van der Waals surface area contributed by atoms with Gasteiger partial charge >= 0.3 is 6.09 Å². The number of rotatable bonds is 4. The summed E-state index contributed by atoms with van der Waals surface area (Å²) in [6.07, 6.45) is -0.858. The Balaban J connectivity index is 1.35. The number of para-hydroxylation sites is 1. The summed E-state index contributed by atoms with van der Waals surface area (Å²) in [5, 5.41) is 12.5. The maximum Gasteiger partial charge on any atom is 0.407 e. The molecule has 0 spiro atoms. The van der Waals surface area contributed by atoms with Gasteiger partial charge in [0, 0.05) is 38.3 Å². The van der Waals surface area contributed by atoms with Crippen molar-refractivity contribution < 1.29 is 14.7 Å². The second-order valence-electron chi connectivity index (χ2n) is 6.68. The number of carbonyl (C=O) groups excluding carboxylic acids is 1. The molecule has 1 aromatic heterocycles. The van der Waals surface area contributed by atoms with Gasteiger partial charge < -0.3 is 10.0 Å². The van der Waals surface area contributed by atoms with E-state index in [2.05, 4.69) is 15.2 Å². The molecule has 0 radical (unpaired) electrons. The summed E-state index contributed by atoms with van der Waals surface area (Å²) in [4.78, 5) is 31.5. The van der Waals surface area contributed by atoms with Crippen LogP contribution in [0.15, 0.2) is 48.5 Å². The van der Waals surface area contributed by atoms with Crippen LogP contribution in [0.4, 0.5) is 9.93 Å². The van der Waals surface area contributed by atoms with E-state index in [1.807, 2.05) is 48.5 Å². The number of anilines is 1. The van der Waals surface area contributed by atoms with Crippen LogP contribution in [0.25, 0.3) is 10.2 Å². The van der Waals surface area contributed by atoms with Gasteiger partial charge in [0.2, 0.25) is 0 Å². The van der Waals surface area contributed by atoms with Crippen LogP contribution in [0.3, 0.4) is 0 Å². The quantitative estimate of drug-likeness (QED) is 0.706. The molecule has 1 aliphatic rings. The molecule has 2 heterocycles. The van der Waals surface area contributed by atoms with Crippen molar-refractivity contribution in [3.05, 3.63) is 59.7 Å². The number of amides is 2. The first-order valence-electron chi connectivity index (χ1n) is 9.04. The summed E-state index contributed by atoms with van der Waals surface area (Å²) in [7, 11) is 0.